The van der Waals surface area contributed by atoms with Crippen molar-refractivity contribution in [3.63, 3.8) is 0 Å². The van der Waals surface area contributed by atoms with Crippen LogP contribution >= 0.6 is 15.9 Å². The van der Waals surface area contributed by atoms with E-state index in [1.807, 2.05) is 57.6 Å². The fourth-order valence-electron chi connectivity index (χ4n) is 2.03. The molecule has 0 bridgehead atoms. The molecule has 0 radical (unpaired) electrons. The summed E-state index contributed by atoms with van der Waals surface area (Å²) in [5, 5.41) is 2.80. The predicted octanol–water partition coefficient (Wildman–Crippen LogP) is 3.92. The molecule has 0 saturated carbocycles. The highest BCUT2D eigenvalue weighted by atomic mass is 79.9. The van der Waals surface area contributed by atoms with Crippen molar-refractivity contribution in [3.8, 4) is 0 Å². The van der Waals surface area contributed by atoms with Gasteiger partial charge in [0.2, 0.25) is 0 Å². The Kier molecular flexibility index (Phi) is 4.27. The second-order valence-electron chi connectivity index (χ2n) is 6.05. The summed E-state index contributed by atoms with van der Waals surface area (Å²) in [6, 6.07) is 3.70. The Balaban J connectivity index is 2.21. The highest BCUT2D eigenvalue weighted by molar-refractivity contribution is 9.10. The number of carbonyl (C=O) groups is 1. The molecular formula is C15H20BrN3O2. The molecule has 2 aromatic rings. The SMILES string of the molecule is C[C@@H](NC(=O)OC(C)(C)C)c1nc2ccn(C)c2cc1Br. The third-order valence-corrected chi connectivity index (χ3v) is 3.63. The van der Waals surface area contributed by atoms with Gasteiger partial charge in [-0.25, -0.2) is 9.78 Å². The number of nitrogens with one attached hydrogen (secondary N) is 1. The predicted molar refractivity (Wildman–Crippen MR) is 86.2 cm³/mol. The number of carbonyl (C=O) groups excluding carboxylic acids is 1. The van der Waals surface area contributed by atoms with Crippen molar-refractivity contribution in [2.24, 2.45) is 7.05 Å². The van der Waals surface area contributed by atoms with Gasteiger partial charge in [0.05, 0.1) is 22.8 Å². The summed E-state index contributed by atoms with van der Waals surface area (Å²) in [4.78, 5) is 16.4. The average molecular weight is 354 g/mol. The van der Waals surface area contributed by atoms with E-state index in [1.54, 1.807) is 0 Å². The van der Waals surface area contributed by atoms with E-state index in [-0.39, 0.29) is 6.04 Å². The Morgan fingerprint density at radius 1 is 1.48 bits per heavy atom. The van der Waals surface area contributed by atoms with Gasteiger partial charge in [-0.2, -0.15) is 0 Å². The van der Waals surface area contributed by atoms with Crippen molar-refractivity contribution >= 4 is 33.1 Å². The van der Waals surface area contributed by atoms with Crippen LogP contribution in [0.1, 0.15) is 39.4 Å². The fourth-order valence-corrected chi connectivity index (χ4v) is 2.68. The first-order valence-electron chi connectivity index (χ1n) is 6.78. The highest BCUT2D eigenvalue weighted by Crippen LogP contribution is 2.26. The maximum Gasteiger partial charge on any atom is 0.408 e. The van der Waals surface area contributed by atoms with E-state index in [0.29, 0.717) is 0 Å². The van der Waals surface area contributed by atoms with Gasteiger partial charge < -0.3 is 14.6 Å². The molecule has 0 aliphatic heterocycles. The molecule has 0 fully saturated rings. The van der Waals surface area contributed by atoms with E-state index in [1.165, 1.54) is 0 Å². The molecule has 2 rings (SSSR count). The molecule has 1 amide bonds. The number of pyridine rings is 1. The van der Waals surface area contributed by atoms with Crippen molar-refractivity contribution in [1.29, 1.82) is 0 Å². The van der Waals surface area contributed by atoms with Crippen LogP contribution in [0.3, 0.4) is 0 Å². The van der Waals surface area contributed by atoms with Gasteiger partial charge in [0.15, 0.2) is 0 Å². The topological polar surface area (TPSA) is 56.1 Å². The summed E-state index contributed by atoms with van der Waals surface area (Å²) in [6.07, 6.45) is 1.51. The lowest BCUT2D eigenvalue weighted by Gasteiger charge is -2.22. The standard InChI is InChI=1S/C15H20BrN3O2/c1-9(17-14(20)21-15(2,3)4)13-10(16)8-12-11(18-13)6-7-19(12)5/h6-9H,1-5H3,(H,17,20)/t9-/m1/s1. The van der Waals surface area contributed by atoms with Gasteiger partial charge >= 0.3 is 6.09 Å². The van der Waals surface area contributed by atoms with E-state index in [4.69, 9.17) is 4.74 Å². The van der Waals surface area contributed by atoms with Gasteiger partial charge in [0, 0.05) is 17.7 Å². The summed E-state index contributed by atoms with van der Waals surface area (Å²) in [7, 11) is 1.97. The molecule has 0 aliphatic rings. The number of amides is 1. The molecule has 0 aliphatic carbocycles. The van der Waals surface area contributed by atoms with Crippen LogP contribution in [0.25, 0.3) is 11.0 Å². The molecule has 0 spiro atoms. The summed E-state index contributed by atoms with van der Waals surface area (Å²) >= 11 is 3.52. The summed E-state index contributed by atoms with van der Waals surface area (Å²) in [5.41, 5.74) is 2.20. The largest absolute Gasteiger partial charge is 0.444 e. The molecule has 6 heteroatoms. The smallest absolute Gasteiger partial charge is 0.408 e. The molecule has 114 valence electrons. The van der Waals surface area contributed by atoms with Crippen molar-refractivity contribution in [1.82, 2.24) is 14.9 Å². The lowest BCUT2D eigenvalue weighted by atomic mass is 10.2. The maximum atomic E-state index is 11.8. The van der Waals surface area contributed by atoms with E-state index in [0.717, 1.165) is 21.2 Å². The normalized spacial score (nSPS) is 13.2. The first-order chi connectivity index (χ1) is 9.67. The van der Waals surface area contributed by atoms with E-state index in [2.05, 4.69) is 26.2 Å². The van der Waals surface area contributed by atoms with E-state index >= 15 is 0 Å². The molecular weight excluding hydrogens is 334 g/mol. The molecule has 2 aromatic heterocycles. The number of ether oxygens (including phenoxy) is 1. The van der Waals surface area contributed by atoms with Crippen LogP contribution < -0.4 is 5.32 Å². The number of hydrogen-bond acceptors (Lipinski definition) is 3. The second kappa shape index (κ2) is 5.67. The van der Waals surface area contributed by atoms with Crippen LogP contribution in [0.2, 0.25) is 0 Å². The molecule has 1 N–H and O–H groups in total. The molecule has 0 unspecified atom stereocenters. The number of aromatic nitrogens is 2. The Morgan fingerprint density at radius 3 is 2.76 bits per heavy atom. The first-order valence-corrected chi connectivity index (χ1v) is 7.57. The van der Waals surface area contributed by atoms with Gasteiger partial charge in [-0.3, -0.25) is 0 Å². The van der Waals surface area contributed by atoms with Gasteiger partial charge in [-0.1, -0.05) is 0 Å². The quantitative estimate of drug-likeness (QED) is 0.889. The first kappa shape index (κ1) is 15.8. The van der Waals surface area contributed by atoms with Gasteiger partial charge in [0.25, 0.3) is 0 Å². The fraction of sp³-hybridized carbons (Fsp3) is 0.467. The Morgan fingerprint density at radius 2 is 2.14 bits per heavy atom. The van der Waals surface area contributed by atoms with Crippen LogP contribution in [-0.4, -0.2) is 21.2 Å². The lowest BCUT2D eigenvalue weighted by Crippen LogP contribution is -2.34. The number of hydrogen-bond donors (Lipinski definition) is 1. The van der Waals surface area contributed by atoms with Crippen molar-refractivity contribution in [2.45, 2.75) is 39.3 Å². The van der Waals surface area contributed by atoms with Gasteiger partial charge in [-0.15, -0.1) is 0 Å². The highest BCUT2D eigenvalue weighted by Gasteiger charge is 2.20. The number of nitrogens with zero attached hydrogens (tertiary/aromatic N) is 2. The van der Waals surface area contributed by atoms with Gasteiger partial charge in [-0.05, 0) is 55.8 Å². The molecule has 5 nitrogen and oxygen atoms in total. The minimum absolute atomic E-state index is 0.251. The zero-order valence-electron chi connectivity index (χ0n) is 12.9. The van der Waals surface area contributed by atoms with Crippen LogP contribution in [0.4, 0.5) is 4.79 Å². The minimum Gasteiger partial charge on any atom is -0.444 e. The van der Waals surface area contributed by atoms with Gasteiger partial charge in [0.1, 0.15) is 5.60 Å². The number of alkyl carbamates (subject to hydrolysis) is 1. The third kappa shape index (κ3) is 3.75. The van der Waals surface area contributed by atoms with Crippen LogP contribution in [0, 0.1) is 0 Å². The Hall–Kier alpha value is -1.56. The molecule has 2 heterocycles. The zero-order valence-corrected chi connectivity index (χ0v) is 14.5. The second-order valence-corrected chi connectivity index (χ2v) is 6.91. The van der Waals surface area contributed by atoms with Crippen molar-refractivity contribution in [2.75, 3.05) is 0 Å². The van der Waals surface area contributed by atoms with Crippen LogP contribution in [-0.2, 0) is 11.8 Å². The summed E-state index contributed by atoms with van der Waals surface area (Å²) < 4.78 is 8.13. The number of halogens is 1. The maximum absolute atomic E-state index is 11.8. The zero-order chi connectivity index (χ0) is 15.8. The Labute approximate surface area is 132 Å². The van der Waals surface area contributed by atoms with Crippen LogP contribution in [0.5, 0.6) is 0 Å². The van der Waals surface area contributed by atoms with E-state index < -0.39 is 11.7 Å². The van der Waals surface area contributed by atoms with Crippen molar-refractivity contribution in [3.05, 3.63) is 28.5 Å². The monoisotopic (exact) mass is 353 g/mol. The molecule has 21 heavy (non-hydrogen) atoms. The average Bonchev–Trinajstić information content (AvgIpc) is 2.67. The Bertz CT molecular complexity index is 673. The number of rotatable bonds is 2. The summed E-state index contributed by atoms with van der Waals surface area (Å²) in [6.45, 7) is 7.39. The lowest BCUT2D eigenvalue weighted by molar-refractivity contribution is 0.0507. The third-order valence-electron chi connectivity index (χ3n) is 2.99. The molecule has 0 aromatic carbocycles. The molecule has 1 atom stereocenters. The minimum atomic E-state index is -0.516. The molecule has 0 saturated heterocycles. The van der Waals surface area contributed by atoms with Crippen LogP contribution in [0.15, 0.2) is 22.8 Å². The number of aryl methyl sites for hydroxylation is 1. The number of fused-ring (bicyclic) bond motifs is 1. The van der Waals surface area contributed by atoms with Crippen molar-refractivity contribution < 1.29 is 9.53 Å². The van der Waals surface area contributed by atoms with E-state index in [9.17, 15) is 4.79 Å². The summed E-state index contributed by atoms with van der Waals surface area (Å²) in [5.74, 6) is 0.